The smallest absolute Gasteiger partial charge is 0.143 e. The van der Waals surface area contributed by atoms with Gasteiger partial charge in [0.15, 0.2) is 0 Å². The topological polar surface area (TPSA) is 61.8 Å². The first-order valence-corrected chi connectivity index (χ1v) is 6.82. The molecule has 0 spiro atoms. The average Bonchev–Trinajstić information content (AvgIpc) is 2.86. The highest BCUT2D eigenvalue weighted by atomic mass is 32.1. The van der Waals surface area contributed by atoms with E-state index in [0.717, 1.165) is 26.1 Å². The third kappa shape index (κ3) is 4.75. The number of hydrogen-bond acceptors (Lipinski definition) is 4. The Kier molecular flexibility index (Phi) is 6.00. The standard InChI is InChI=1S/C12H21N3OS/c1-3-15(8-10(2)12(13)14-16)6-4-11-5-7-17-9-11/h5,7,9-10,16H,3-4,6,8H2,1-2H3,(H2,13,14). The van der Waals surface area contributed by atoms with Crippen molar-refractivity contribution in [3.63, 3.8) is 0 Å². The largest absolute Gasteiger partial charge is 0.409 e. The molecule has 0 aliphatic heterocycles. The molecule has 1 heterocycles. The van der Waals surface area contributed by atoms with Crippen LogP contribution in [0.5, 0.6) is 0 Å². The van der Waals surface area contributed by atoms with Crippen molar-refractivity contribution in [3.8, 4) is 0 Å². The summed E-state index contributed by atoms with van der Waals surface area (Å²) in [6.45, 7) is 6.93. The van der Waals surface area contributed by atoms with Crippen LogP contribution in [0, 0.1) is 5.92 Å². The van der Waals surface area contributed by atoms with E-state index in [1.807, 2.05) is 6.92 Å². The molecule has 1 aromatic rings. The zero-order valence-electron chi connectivity index (χ0n) is 10.5. The van der Waals surface area contributed by atoms with Crippen LogP contribution >= 0.6 is 11.3 Å². The van der Waals surface area contributed by atoms with Crippen LogP contribution < -0.4 is 5.73 Å². The Balaban J connectivity index is 2.38. The molecule has 17 heavy (non-hydrogen) atoms. The Hall–Kier alpha value is -1.07. The number of nitrogens with two attached hydrogens (primary N) is 1. The quantitative estimate of drug-likeness (QED) is 0.339. The second kappa shape index (κ2) is 7.29. The molecule has 1 rings (SSSR count). The van der Waals surface area contributed by atoms with Crippen LogP contribution in [0.15, 0.2) is 22.0 Å². The SMILES string of the molecule is CCN(CCc1ccsc1)CC(C)C(N)=NO. The molecule has 5 heteroatoms. The number of hydrogen-bond donors (Lipinski definition) is 2. The van der Waals surface area contributed by atoms with E-state index in [0.29, 0.717) is 5.84 Å². The monoisotopic (exact) mass is 255 g/mol. The van der Waals surface area contributed by atoms with Gasteiger partial charge in [-0.15, -0.1) is 0 Å². The van der Waals surface area contributed by atoms with E-state index in [1.165, 1.54) is 5.56 Å². The van der Waals surface area contributed by atoms with Gasteiger partial charge in [-0.1, -0.05) is 19.0 Å². The van der Waals surface area contributed by atoms with E-state index in [9.17, 15) is 0 Å². The van der Waals surface area contributed by atoms with Crippen molar-refractivity contribution in [1.29, 1.82) is 0 Å². The van der Waals surface area contributed by atoms with Gasteiger partial charge in [-0.2, -0.15) is 11.3 Å². The second-order valence-corrected chi connectivity index (χ2v) is 4.98. The van der Waals surface area contributed by atoms with Gasteiger partial charge in [-0.25, -0.2) is 0 Å². The van der Waals surface area contributed by atoms with Crippen LogP contribution in [-0.2, 0) is 6.42 Å². The lowest BCUT2D eigenvalue weighted by molar-refractivity contribution is 0.268. The summed E-state index contributed by atoms with van der Waals surface area (Å²) in [5, 5.41) is 16.0. The van der Waals surface area contributed by atoms with Gasteiger partial charge in [0.05, 0.1) is 0 Å². The highest BCUT2D eigenvalue weighted by molar-refractivity contribution is 7.07. The summed E-state index contributed by atoms with van der Waals surface area (Å²) in [5.74, 6) is 0.390. The summed E-state index contributed by atoms with van der Waals surface area (Å²) in [7, 11) is 0. The molecule has 0 aromatic carbocycles. The van der Waals surface area contributed by atoms with Crippen molar-refractivity contribution in [2.24, 2.45) is 16.8 Å². The van der Waals surface area contributed by atoms with Crippen molar-refractivity contribution in [3.05, 3.63) is 22.4 Å². The minimum absolute atomic E-state index is 0.0856. The van der Waals surface area contributed by atoms with E-state index in [2.05, 4.69) is 33.8 Å². The Bertz CT molecular complexity index is 338. The fourth-order valence-electron chi connectivity index (χ4n) is 1.68. The minimum Gasteiger partial charge on any atom is -0.409 e. The predicted octanol–water partition coefficient (Wildman–Crippen LogP) is 2.00. The zero-order valence-corrected chi connectivity index (χ0v) is 11.3. The Morgan fingerprint density at radius 3 is 2.94 bits per heavy atom. The number of rotatable bonds is 7. The molecule has 0 fully saturated rings. The van der Waals surface area contributed by atoms with E-state index in [4.69, 9.17) is 10.9 Å². The summed E-state index contributed by atoms with van der Waals surface area (Å²) in [6, 6.07) is 2.16. The van der Waals surface area contributed by atoms with Crippen molar-refractivity contribution in [2.45, 2.75) is 20.3 Å². The molecule has 1 atom stereocenters. The lowest BCUT2D eigenvalue weighted by Crippen LogP contribution is -2.36. The molecule has 0 aliphatic carbocycles. The molecule has 4 nitrogen and oxygen atoms in total. The molecular formula is C12H21N3OS. The van der Waals surface area contributed by atoms with Crippen LogP contribution in [0.2, 0.25) is 0 Å². The molecule has 0 radical (unpaired) electrons. The molecule has 0 amide bonds. The number of amidine groups is 1. The molecule has 3 N–H and O–H groups in total. The van der Waals surface area contributed by atoms with Crippen molar-refractivity contribution >= 4 is 17.2 Å². The Morgan fingerprint density at radius 2 is 2.41 bits per heavy atom. The van der Waals surface area contributed by atoms with Gasteiger partial charge < -0.3 is 15.8 Å². The van der Waals surface area contributed by atoms with Gasteiger partial charge in [0.2, 0.25) is 0 Å². The van der Waals surface area contributed by atoms with Crippen molar-refractivity contribution in [2.75, 3.05) is 19.6 Å². The lowest BCUT2D eigenvalue weighted by atomic mass is 10.1. The Morgan fingerprint density at radius 1 is 1.65 bits per heavy atom. The minimum atomic E-state index is 0.0856. The highest BCUT2D eigenvalue weighted by Crippen LogP contribution is 2.08. The molecule has 0 bridgehead atoms. The molecule has 1 unspecified atom stereocenters. The number of thiophene rings is 1. The van der Waals surface area contributed by atoms with Crippen molar-refractivity contribution in [1.82, 2.24) is 4.90 Å². The third-order valence-corrected chi connectivity index (χ3v) is 3.63. The van der Waals surface area contributed by atoms with Gasteiger partial charge in [0, 0.05) is 19.0 Å². The van der Waals surface area contributed by atoms with Gasteiger partial charge >= 0.3 is 0 Å². The first-order valence-electron chi connectivity index (χ1n) is 5.88. The number of nitrogens with zero attached hydrogens (tertiary/aromatic N) is 2. The fraction of sp³-hybridized carbons (Fsp3) is 0.583. The summed E-state index contributed by atoms with van der Waals surface area (Å²) in [4.78, 5) is 2.32. The number of likely N-dealkylation sites (N-methyl/N-ethyl adjacent to an activating group) is 1. The number of oxime groups is 1. The summed E-state index contributed by atoms with van der Waals surface area (Å²) < 4.78 is 0. The first kappa shape index (κ1) is 14.0. The van der Waals surface area contributed by atoms with Crippen LogP contribution in [0.1, 0.15) is 19.4 Å². The van der Waals surface area contributed by atoms with Gasteiger partial charge in [-0.3, -0.25) is 0 Å². The van der Waals surface area contributed by atoms with Gasteiger partial charge in [0.25, 0.3) is 0 Å². The van der Waals surface area contributed by atoms with Crippen LogP contribution in [0.3, 0.4) is 0 Å². The van der Waals surface area contributed by atoms with E-state index < -0.39 is 0 Å². The highest BCUT2D eigenvalue weighted by Gasteiger charge is 2.12. The fourth-order valence-corrected chi connectivity index (χ4v) is 2.38. The van der Waals surface area contributed by atoms with Crippen molar-refractivity contribution < 1.29 is 5.21 Å². The molecule has 96 valence electrons. The zero-order chi connectivity index (χ0) is 12.7. The normalized spacial score (nSPS) is 14.2. The van der Waals surface area contributed by atoms with Crippen LogP contribution in [0.25, 0.3) is 0 Å². The maximum atomic E-state index is 8.62. The first-order chi connectivity index (χ1) is 8.17. The maximum Gasteiger partial charge on any atom is 0.143 e. The lowest BCUT2D eigenvalue weighted by Gasteiger charge is -2.23. The maximum absolute atomic E-state index is 8.62. The summed E-state index contributed by atoms with van der Waals surface area (Å²) in [6.07, 6.45) is 1.06. The molecule has 0 saturated carbocycles. The molecule has 0 saturated heterocycles. The van der Waals surface area contributed by atoms with E-state index >= 15 is 0 Å². The van der Waals surface area contributed by atoms with Crippen LogP contribution in [-0.4, -0.2) is 35.6 Å². The third-order valence-electron chi connectivity index (χ3n) is 2.90. The second-order valence-electron chi connectivity index (χ2n) is 4.20. The van der Waals surface area contributed by atoms with Gasteiger partial charge in [0.1, 0.15) is 5.84 Å². The van der Waals surface area contributed by atoms with Gasteiger partial charge in [-0.05, 0) is 35.4 Å². The van der Waals surface area contributed by atoms with E-state index in [1.54, 1.807) is 11.3 Å². The average molecular weight is 255 g/mol. The predicted molar refractivity (Wildman–Crippen MR) is 72.7 cm³/mol. The molecular weight excluding hydrogens is 234 g/mol. The molecule has 1 aromatic heterocycles. The molecule has 0 aliphatic rings. The summed E-state index contributed by atoms with van der Waals surface area (Å²) in [5.41, 5.74) is 6.96. The van der Waals surface area contributed by atoms with Crippen LogP contribution in [0.4, 0.5) is 0 Å². The van der Waals surface area contributed by atoms with E-state index in [-0.39, 0.29) is 5.92 Å². The summed E-state index contributed by atoms with van der Waals surface area (Å²) >= 11 is 1.73. The Labute approximate surface area is 107 Å².